The summed E-state index contributed by atoms with van der Waals surface area (Å²) in [5.74, 6) is 2.41. The van der Waals surface area contributed by atoms with E-state index in [2.05, 4.69) is 48.1 Å². The molecule has 0 aliphatic rings. The maximum Gasteiger partial charge on any atom is 0.218 e. The van der Waals surface area contributed by atoms with Gasteiger partial charge < -0.3 is 15.0 Å². The number of hydrogen-bond donors (Lipinski definition) is 1. The predicted octanol–water partition coefficient (Wildman–Crippen LogP) is 2.58. The molecule has 114 valence electrons. The van der Waals surface area contributed by atoms with Gasteiger partial charge in [0.2, 0.25) is 5.88 Å². The minimum absolute atomic E-state index is 0.681. The molecule has 0 spiro atoms. The predicted molar refractivity (Wildman–Crippen MR) is 83.5 cm³/mol. The lowest BCUT2D eigenvalue weighted by molar-refractivity contribution is 0.272. The fraction of sp³-hybridized carbons (Fsp3) is 0.733. The molecule has 5 heteroatoms. The molecule has 0 unspecified atom stereocenters. The summed E-state index contributed by atoms with van der Waals surface area (Å²) in [7, 11) is 4.13. The van der Waals surface area contributed by atoms with Gasteiger partial charge >= 0.3 is 0 Å². The van der Waals surface area contributed by atoms with E-state index in [1.807, 2.05) is 6.07 Å². The van der Waals surface area contributed by atoms with Crippen molar-refractivity contribution in [1.82, 2.24) is 14.9 Å². The van der Waals surface area contributed by atoms with Gasteiger partial charge in [0.25, 0.3) is 0 Å². The molecule has 0 amide bonds. The smallest absolute Gasteiger partial charge is 0.218 e. The Morgan fingerprint density at radius 2 is 2.00 bits per heavy atom. The molecule has 1 rings (SSSR count). The van der Waals surface area contributed by atoms with Crippen LogP contribution in [0.4, 0.5) is 5.82 Å². The van der Waals surface area contributed by atoms with Crippen LogP contribution in [0.5, 0.6) is 5.88 Å². The number of rotatable bonds is 10. The highest BCUT2D eigenvalue weighted by Crippen LogP contribution is 2.15. The monoisotopic (exact) mass is 280 g/mol. The molecule has 1 aromatic rings. The van der Waals surface area contributed by atoms with E-state index in [-0.39, 0.29) is 0 Å². The van der Waals surface area contributed by atoms with Crippen molar-refractivity contribution in [3.05, 3.63) is 11.9 Å². The van der Waals surface area contributed by atoms with Crippen LogP contribution in [0.15, 0.2) is 6.07 Å². The Kier molecular flexibility index (Phi) is 7.95. The van der Waals surface area contributed by atoms with Crippen molar-refractivity contribution < 1.29 is 4.74 Å². The minimum Gasteiger partial charge on any atom is -0.477 e. The third-order valence-corrected chi connectivity index (χ3v) is 2.78. The Morgan fingerprint density at radius 3 is 2.65 bits per heavy atom. The van der Waals surface area contributed by atoms with Crippen molar-refractivity contribution in [2.24, 2.45) is 0 Å². The fourth-order valence-electron chi connectivity index (χ4n) is 1.78. The summed E-state index contributed by atoms with van der Waals surface area (Å²) in [5.41, 5.74) is 0. The van der Waals surface area contributed by atoms with Gasteiger partial charge in [-0.3, -0.25) is 0 Å². The van der Waals surface area contributed by atoms with Crippen LogP contribution in [0.1, 0.15) is 38.9 Å². The molecule has 0 saturated heterocycles. The van der Waals surface area contributed by atoms with E-state index in [9.17, 15) is 0 Å². The van der Waals surface area contributed by atoms with Crippen LogP contribution in [0, 0.1) is 0 Å². The van der Waals surface area contributed by atoms with Crippen LogP contribution in [0.2, 0.25) is 0 Å². The summed E-state index contributed by atoms with van der Waals surface area (Å²) < 4.78 is 5.75. The molecule has 5 nitrogen and oxygen atoms in total. The van der Waals surface area contributed by atoms with Crippen LogP contribution < -0.4 is 10.1 Å². The lowest BCUT2D eigenvalue weighted by Crippen LogP contribution is -2.16. The van der Waals surface area contributed by atoms with Crippen LogP contribution in [0.25, 0.3) is 0 Å². The first-order valence-corrected chi connectivity index (χ1v) is 7.55. The van der Waals surface area contributed by atoms with E-state index in [1.165, 1.54) is 0 Å². The third kappa shape index (κ3) is 6.70. The second-order valence-electron chi connectivity index (χ2n) is 5.19. The molecule has 0 aromatic carbocycles. The van der Waals surface area contributed by atoms with Gasteiger partial charge in [0.15, 0.2) is 0 Å². The Labute approximate surface area is 122 Å². The summed E-state index contributed by atoms with van der Waals surface area (Å²) >= 11 is 0. The lowest BCUT2D eigenvalue weighted by Gasteiger charge is -2.12. The van der Waals surface area contributed by atoms with Crippen molar-refractivity contribution in [3.8, 4) is 5.88 Å². The molecule has 0 atom stereocenters. The van der Waals surface area contributed by atoms with E-state index >= 15 is 0 Å². The Hall–Kier alpha value is -1.36. The molecule has 1 aromatic heterocycles. The van der Waals surface area contributed by atoms with Gasteiger partial charge in [0, 0.05) is 25.6 Å². The molecular formula is C15H28N4O. The van der Waals surface area contributed by atoms with Gasteiger partial charge in [-0.2, -0.15) is 4.98 Å². The zero-order chi connectivity index (χ0) is 14.8. The van der Waals surface area contributed by atoms with Crippen molar-refractivity contribution in [3.63, 3.8) is 0 Å². The highest BCUT2D eigenvalue weighted by atomic mass is 16.5. The minimum atomic E-state index is 0.681. The van der Waals surface area contributed by atoms with Crippen LogP contribution in [-0.2, 0) is 6.42 Å². The molecule has 0 saturated carbocycles. The van der Waals surface area contributed by atoms with Gasteiger partial charge in [-0.15, -0.1) is 0 Å². The van der Waals surface area contributed by atoms with E-state index in [1.54, 1.807) is 0 Å². The molecule has 20 heavy (non-hydrogen) atoms. The SMILES string of the molecule is CCCNc1cc(OCCCN(C)C)nc(CCC)n1. The Morgan fingerprint density at radius 1 is 1.20 bits per heavy atom. The second-order valence-corrected chi connectivity index (χ2v) is 5.19. The number of nitrogens with one attached hydrogen (secondary N) is 1. The van der Waals surface area contributed by atoms with Crippen molar-refractivity contribution in [2.75, 3.05) is 39.1 Å². The first kappa shape index (κ1) is 16.7. The standard InChI is InChI=1S/C15H28N4O/c1-5-8-13-17-14(16-9-6-2)12-15(18-13)20-11-7-10-19(3)4/h12H,5-11H2,1-4H3,(H,16,17,18). The molecule has 1 N–H and O–H groups in total. The van der Waals surface area contributed by atoms with Crippen LogP contribution in [-0.4, -0.2) is 48.7 Å². The van der Waals surface area contributed by atoms with Gasteiger partial charge in [-0.25, -0.2) is 4.98 Å². The number of nitrogens with zero attached hydrogens (tertiary/aromatic N) is 3. The van der Waals surface area contributed by atoms with Gasteiger partial charge in [0.05, 0.1) is 6.61 Å². The zero-order valence-corrected chi connectivity index (χ0v) is 13.3. The van der Waals surface area contributed by atoms with Crippen LogP contribution >= 0.6 is 0 Å². The summed E-state index contributed by atoms with van der Waals surface area (Å²) in [4.78, 5) is 11.1. The van der Waals surface area contributed by atoms with E-state index in [0.29, 0.717) is 12.5 Å². The number of aryl methyl sites for hydroxylation is 1. The maximum absolute atomic E-state index is 5.75. The number of aromatic nitrogens is 2. The summed E-state index contributed by atoms with van der Waals surface area (Å²) in [5, 5.41) is 3.30. The quantitative estimate of drug-likeness (QED) is 0.668. The summed E-state index contributed by atoms with van der Waals surface area (Å²) in [6, 6.07) is 1.89. The summed E-state index contributed by atoms with van der Waals surface area (Å²) in [6.45, 7) is 6.90. The Bertz CT molecular complexity index is 382. The van der Waals surface area contributed by atoms with Crippen LogP contribution in [0.3, 0.4) is 0 Å². The maximum atomic E-state index is 5.75. The van der Waals surface area contributed by atoms with E-state index in [0.717, 1.165) is 50.4 Å². The summed E-state index contributed by atoms with van der Waals surface area (Å²) in [6.07, 6.45) is 4.00. The third-order valence-electron chi connectivity index (χ3n) is 2.78. The van der Waals surface area contributed by atoms with Gasteiger partial charge in [-0.1, -0.05) is 13.8 Å². The van der Waals surface area contributed by atoms with Gasteiger partial charge in [-0.05, 0) is 33.4 Å². The van der Waals surface area contributed by atoms with Crippen molar-refractivity contribution >= 4 is 5.82 Å². The normalized spacial score (nSPS) is 10.8. The highest BCUT2D eigenvalue weighted by molar-refractivity contribution is 5.38. The van der Waals surface area contributed by atoms with Crippen molar-refractivity contribution in [1.29, 1.82) is 0 Å². The second kappa shape index (κ2) is 9.53. The number of hydrogen-bond acceptors (Lipinski definition) is 5. The highest BCUT2D eigenvalue weighted by Gasteiger charge is 2.05. The fourth-order valence-corrected chi connectivity index (χ4v) is 1.78. The molecule has 0 bridgehead atoms. The molecule has 0 aliphatic carbocycles. The zero-order valence-electron chi connectivity index (χ0n) is 13.3. The largest absolute Gasteiger partial charge is 0.477 e. The average Bonchev–Trinajstić information content (AvgIpc) is 2.41. The molecule has 0 aliphatic heterocycles. The average molecular weight is 280 g/mol. The molecular weight excluding hydrogens is 252 g/mol. The van der Waals surface area contributed by atoms with Gasteiger partial charge in [0.1, 0.15) is 11.6 Å². The first-order valence-electron chi connectivity index (χ1n) is 7.55. The molecule has 1 heterocycles. The van der Waals surface area contributed by atoms with E-state index < -0.39 is 0 Å². The number of ether oxygens (including phenoxy) is 1. The molecule has 0 radical (unpaired) electrons. The van der Waals surface area contributed by atoms with Crippen molar-refractivity contribution in [2.45, 2.75) is 39.5 Å². The number of anilines is 1. The topological polar surface area (TPSA) is 50.3 Å². The Balaban J connectivity index is 2.60. The molecule has 0 fully saturated rings. The van der Waals surface area contributed by atoms with E-state index in [4.69, 9.17) is 4.74 Å². The lowest BCUT2D eigenvalue weighted by atomic mass is 10.3. The first-order chi connectivity index (χ1) is 9.65.